The van der Waals surface area contributed by atoms with Gasteiger partial charge in [0.2, 0.25) is 5.91 Å². The van der Waals surface area contributed by atoms with Gasteiger partial charge in [-0.3, -0.25) is 14.5 Å². The molecule has 0 unspecified atom stereocenters. The monoisotopic (exact) mass is 453 g/mol. The molecule has 2 aliphatic rings. The van der Waals surface area contributed by atoms with Gasteiger partial charge in [0.1, 0.15) is 18.2 Å². The van der Waals surface area contributed by atoms with Gasteiger partial charge in [-0.2, -0.15) is 5.10 Å². The van der Waals surface area contributed by atoms with Gasteiger partial charge in [-0.25, -0.2) is 9.97 Å². The summed E-state index contributed by atoms with van der Waals surface area (Å²) in [5.41, 5.74) is 12.9. The Morgan fingerprint density at radius 3 is 2.94 bits per heavy atom. The molecule has 4 aromatic rings. The summed E-state index contributed by atoms with van der Waals surface area (Å²) < 4.78 is 1.72. The number of nitrogens with two attached hydrogens (primary N) is 1. The van der Waals surface area contributed by atoms with Gasteiger partial charge >= 0.3 is 0 Å². The fraction of sp³-hybridized carbons (Fsp3) is 0.208. The Hall–Kier alpha value is -4.47. The molecule has 0 spiro atoms. The van der Waals surface area contributed by atoms with E-state index in [9.17, 15) is 4.79 Å². The van der Waals surface area contributed by atoms with Crippen molar-refractivity contribution >= 4 is 39.8 Å². The molecule has 10 heteroatoms. The number of anilines is 4. The highest BCUT2D eigenvalue weighted by molar-refractivity contribution is 5.95. The molecule has 0 fully saturated rings. The van der Waals surface area contributed by atoms with Crippen molar-refractivity contribution in [3.8, 4) is 11.3 Å². The smallest absolute Gasteiger partial charge is 0.241 e. The molecule has 0 saturated carbocycles. The average molecular weight is 454 g/mol. The minimum Gasteiger partial charge on any atom is -0.383 e. The second-order valence-corrected chi connectivity index (χ2v) is 8.61. The lowest BCUT2D eigenvalue weighted by molar-refractivity contribution is -0.121. The van der Waals surface area contributed by atoms with Crippen LogP contribution in [-0.2, 0) is 24.2 Å². The third-order valence-corrected chi connectivity index (χ3v) is 6.24. The maximum absolute atomic E-state index is 11.8. The van der Waals surface area contributed by atoms with Crippen molar-refractivity contribution in [2.24, 2.45) is 0 Å². The first-order valence-corrected chi connectivity index (χ1v) is 11.0. The first-order chi connectivity index (χ1) is 16.4. The molecule has 0 bridgehead atoms. The molecule has 170 valence electrons. The molecule has 10 nitrogen and oxygen atoms in total. The van der Waals surface area contributed by atoms with Crippen LogP contribution < -0.4 is 21.7 Å². The largest absolute Gasteiger partial charge is 0.383 e. The molecule has 0 atom stereocenters. The fourth-order valence-electron chi connectivity index (χ4n) is 4.52. The number of aromatic nitrogens is 5. The van der Waals surface area contributed by atoms with E-state index in [1.165, 1.54) is 0 Å². The van der Waals surface area contributed by atoms with E-state index in [1.807, 2.05) is 31.3 Å². The molecule has 6 rings (SSSR count). The van der Waals surface area contributed by atoms with Crippen molar-refractivity contribution in [1.29, 1.82) is 0 Å². The normalized spacial score (nSPS) is 14.9. The predicted molar refractivity (Wildman–Crippen MR) is 131 cm³/mol. The Morgan fingerprint density at radius 2 is 2.06 bits per heavy atom. The number of nitrogens with zero attached hydrogens (tertiary/aromatic N) is 5. The molecular weight excluding hydrogens is 430 g/mol. The zero-order valence-corrected chi connectivity index (χ0v) is 18.6. The van der Waals surface area contributed by atoms with Crippen LogP contribution in [0.15, 0.2) is 42.9 Å². The van der Waals surface area contributed by atoms with Gasteiger partial charge < -0.3 is 21.7 Å². The van der Waals surface area contributed by atoms with Crippen molar-refractivity contribution in [2.75, 3.05) is 22.9 Å². The minimum absolute atomic E-state index is 0.0383. The molecule has 6 heterocycles. The van der Waals surface area contributed by atoms with Crippen molar-refractivity contribution in [1.82, 2.24) is 30.0 Å². The number of allylic oxidation sites excluding steroid dienone is 1. The summed E-state index contributed by atoms with van der Waals surface area (Å²) in [6.07, 6.45) is 5.01. The van der Waals surface area contributed by atoms with E-state index in [2.05, 4.69) is 42.6 Å². The van der Waals surface area contributed by atoms with E-state index < -0.39 is 0 Å². The Morgan fingerprint density at radius 1 is 1.18 bits per heavy atom. The molecule has 5 N–H and O–H groups in total. The van der Waals surface area contributed by atoms with Crippen molar-refractivity contribution < 1.29 is 4.79 Å². The first-order valence-electron chi connectivity index (χ1n) is 11.0. The second-order valence-electron chi connectivity index (χ2n) is 8.61. The van der Waals surface area contributed by atoms with Gasteiger partial charge in [0, 0.05) is 60.2 Å². The lowest BCUT2D eigenvalue weighted by Gasteiger charge is -2.12. The number of nitrogens with one attached hydrogen (secondary N) is 3. The molecule has 0 aliphatic carbocycles. The maximum Gasteiger partial charge on any atom is 0.241 e. The number of carbonyl (C=O) groups is 1. The van der Waals surface area contributed by atoms with Gasteiger partial charge in [-0.05, 0) is 30.0 Å². The van der Waals surface area contributed by atoms with Gasteiger partial charge in [-0.15, -0.1) is 0 Å². The highest BCUT2D eigenvalue weighted by Gasteiger charge is 2.21. The van der Waals surface area contributed by atoms with Gasteiger partial charge in [0.25, 0.3) is 0 Å². The van der Waals surface area contributed by atoms with Crippen LogP contribution >= 0.6 is 0 Å². The summed E-state index contributed by atoms with van der Waals surface area (Å²) in [4.78, 5) is 25.5. The number of nitrogen functional groups attached to an aromatic ring is 1. The van der Waals surface area contributed by atoms with E-state index in [0.717, 1.165) is 63.2 Å². The molecule has 34 heavy (non-hydrogen) atoms. The van der Waals surface area contributed by atoms with Crippen LogP contribution in [0.25, 0.3) is 22.0 Å². The van der Waals surface area contributed by atoms with E-state index in [0.29, 0.717) is 24.0 Å². The maximum atomic E-state index is 11.8. The zero-order valence-electron chi connectivity index (χ0n) is 18.6. The van der Waals surface area contributed by atoms with Crippen LogP contribution in [0.1, 0.15) is 17.0 Å². The highest BCUT2D eigenvalue weighted by Crippen LogP contribution is 2.36. The average Bonchev–Trinajstić information content (AvgIpc) is 3.31. The topological polar surface area (TPSA) is 136 Å². The molecule has 0 saturated heterocycles. The lowest BCUT2D eigenvalue weighted by atomic mass is 10.0. The van der Waals surface area contributed by atoms with Gasteiger partial charge in [-0.1, -0.05) is 6.58 Å². The Labute approximate surface area is 195 Å². The lowest BCUT2D eigenvalue weighted by Crippen LogP contribution is -2.25. The Balaban J connectivity index is 1.35. The van der Waals surface area contributed by atoms with Crippen LogP contribution in [0.3, 0.4) is 0 Å². The number of amides is 1. The number of hydrogen-bond donors (Lipinski definition) is 4. The second kappa shape index (κ2) is 7.55. The predicted octanol–water partition coefficient (Wildman–Crippen LogP) is 2.68. The Kier molecular flexibility index (Phi) is 4.47. The van der Waals surface area contributed by atoms with Crippen LogP contribution in [0.4, 0.5) is 23.1 Å². The SMILES string of the molecule is C=C1Cc2ncc(-c3cc4cc(Nc5cc6n(n5)CC(=O)NCC6)ncc4c(N)n3)c(C)c2N1. The van der Waals surface area contributed by atoms with Crippen molar-refractivity contribution in [2.45, 2.75) is 26.3 Å². The number of rotatable bonds is 3. The molecule has 2 aliphatic heterocycles. The van der Waals surface area contributed by atoms with Gasteiger partial charge in [0.15, 0.2) is 5.82 Å². The summed E-state index contributed by atoms with van der Waals surface area (Å²) in [7, 11) is 0. The fourth-order valence-corrected chi connectivity index (χ4v) is 4.52. The van der Waals surface area contributed by atoms with E-state index in [1.54, 1.807) is 10.9 Å². The summed E-state index contributed by atoms with van der Waals surface area (Å²) in [6, 6.07) is 5.86. The summed E-state index contributed by atoms with van der Waals surface area (Å²) in [5, 5.41) is 15.6. The van der Waals surface area contributed by atoms with Crippen LogP contribution in [0, 0.1) is 6.92 Å². The van der Waals surface area contributed by atoms with Gasteiger partial charge in [0.05, 0.1) is 17.1 Å². The Bertz CT molecular complexity index is 1500. The minimum atomic E-state index is -0.0383. The first kappa shape index (κ1) is 20.2. The quantitative estimate of drug-likeness (QED) is 0.372. The van der Waals surface area contributed by atoms with Crippen LogP contribution in [-0.4, -0.2) is 37.2 Å². The molecular formula is C24H23N9O. The number of pyridine rings is 3. The van der Waals surface area contributed by atoms with Crippen LogP contribution in [0.2, 0.25) is 0 Å². The third kappa shape index (κ3) is 3.40. The summed E-state index contributed by atoms with van der Waals surface area (Å²) >= 11 is 0. The van der Waals surface area contributed by atoms with Crippen LogP contribution in [0.5, 0.6) is 0 Å². The molecule has 4 aromatic heterocycles. The molecule has 0 aromatic carbocycles. The van der Waals surface area contributed by atoms with E-state index >= 15 is 0 Å². The number of fused-ring (bicyclic) bond motifs is 3. The highest BCUT2D eigenvalue weighted by atomic mass is 16.2. The number of hydrogen-bond acceptors (Lipinski definition) is 8. The summed E-state index contributed by atoms with van der Waals surface area (Å²) in [6.45, 7) is 6.88. The molecule has 0 radical (unpaired) electrons. The summed E-state index contributed by atoms with van der Waals surface area (Å²) in [5.74, 6) is 1.64. The van der Waals surface area contributed by atoms with Crippen molar-refractivity contribution in [3.63, 3.8) is 0 Å². The zero-order chi connectivity index (χ0) is 23.4. The van der Waals surface area contributed by atoms with Crippen molar-refractivity contribution in [3.05, 3.63) is 59.8 Å². The number of carbonyl (C=O) groups excluding carboxylic acids is 1. The van der Waals surface area contributed by atoms with E-state index in [4.69, 9.17) is 5.73 Å². The molecule has 1 amide bonds. The van der Waals surface area contributed by atoms with E-state index in [-0.39, 0.29) is 12.5 Å². The third-order valence-electron chi connectivity index (χ3n) is 6.24. The standard InChI is InChI=1S/C24H23N9O/c1-12-5-19-23(29-12)13(2)16(9-27-19)18-6-14-7-20(28-10-17(14)24(25)30-18)31-21-8-15-3-4-26-22(34)11-33(15)32-21/h6-10,29H,1,3-5,11H2,2H3,(H2,25,30)(H,26,34)(H,28,31,32).